The third-order valence-corrected chi connectivity index (χ3v) is 10.9. The van der Waals surface area contributed by atoms with Crippen LogP contribution in [0.2, 0.25) is 0 Å². The van der Waals surface area contributed by atoms with Crippen molar-refractivity contribution in [1.82, 2.24) is 15.1 Å². The van der Waals surface area contributed by atoms with Gasteiger partial charge in [-0.3, -0.25) is 0 Å². The van der Waals surface area contributed by atoms with E-state index in [4.69, 9.17) is 24.7 Å². The van der Waals surface area contributed by atoms with Crippen molar-refractivity contribution >= 4 is 51.9 Å². The number of nitrogens with one attached hydrogen (secondary N) is 1. The second-order valence-corrected chi connectivity index (χ2v) is 14.9. The van der Waals surface area contributed by atoms with Crippen LogP contribution < -0.4 is 16.2 Å². The van der Waals surface area contributed by atoms with Crippen LogP contribution in [-0.4, -0.2) is 76.0 Å². The van der Waals surface area contributed by atoms with E-state index >= 15 is 0 Å². The van der Waals surface area contributed by atoms with Crippen molar-refractivity contribution in [3.05, 3.63) is 66.4 Å². The van der Waals surface area contributed by atoms with E-state index in [2.05, 4.69) is 15.9 Å². The number of sulfonamides is 1. The molecule has 0 spiro atoms. The van der Waals surface area contributed by atoms with Crippen LogP contribution in [0, 0.1) is 5.92 Å². The van der Waals surface area contributed by atoms with Gasteiger partial charge in [-0.25, -0.2) is 0 Å². The first-order valence-electron chi connectivity index (χ1n) is 12.8. The molecule has 0 aliphatic heterocycles. The molecule has 232 valence electrons. The second kappa shape index (κ2) is 18.5. The molecular weight excluding hydrogens is 665 g/mol. The van der Waals surface area contributed by atoms with Crippen LogP contribution >= 0.6 is 10.2 Å². The minimum absolute atomic E-state index is 0.0187. The number of quaternary nitrogens is 1. The number of hydrogen-bond donors (Lipinski definition) is 3. The summed E-state index contributed by atoms with van der Waals surface area (Å²) in [5, 5.41) is 13.4. The van der Waals surface area contributed by atoms with E-state index in [1.165, 1.54) is 19.2 Å². The van der Waals surface area contributed by atoms with Crippen LogP contribution in [0.1, 0.15) is 25.0 Å². The molecular formula is C27H34N5O8S2Se+. The van der Waals surface area contributed by atoms with Gasteiger partial charge in [-0.05, 0) is 0 Å². The molecule has 6 N–H and O–H groups in total. The minimum atomic E-state index is -3.80. The first kappa shape index (κ1) is 36.0. The zero-order valence-electron chi connectivity index (χ0n) is 23.6. The number of Topliss-reactive ketones (excluding diaryl/α,β-unsaturated/α-hetero) is 1. The average molecular weight is 700 g/mol. The van der Waals surface area contributed by atoms with Gasteiger partial charge in [0.2, 0.25) is 0 Å². The summed E-state index contributed by atoms with van der Waals surface area (Å²) in [6.07, 6.45) is 0.640. The Hall–Kier alpha value is -3.17. The monoisotopic (exact) mass is 700 g/mol. The quantitative estimate of drug-likeness (QED) is 0.0628. The van der Waals surface area contributed by atoms with Gasteiger partial charge in [-0.1, -0.05) is 0 Å². The number of carbonyl (C=O) groups excluding carboxylic acids is 4. The fraction of sp³-hybridized carbons (Fsp3) is 0.333. The summed E-state index contributed by atoms with van der Waals surface area (Å²) >= 11 is 0.0602. The maximum absolute atomic E-state index is 12.5. The summed E-state index contributed by atoms with van der Waals surface area (Å²) in [5.74, 6) is -0.0789. The Labute approximate surface area is 259 Å². The van der Waals surface area contributed by atoms with Crippen LogP contribution in [-0.2, 0) is 44.3 Å². The molecule has 13 nitrogen and oxygen atoms in total. The van der Waals surface area contributed by atoms with E-state index < -0.39 is 22.2 Å². The predicted octanol–water partition coefficient (Wildman–Crippen LogP) is 0.703. The Balaban J connectivity index is 0.00000206. The SMILES string of the molecule is CNC(=O)C(CS[Se]Cc1cc(-c2ccccc2)n(-c2ccc(S(N)(=O)=O)cc2)n1)CC(=O)CCC([NH3+])OOC.O=C=O. The van der Waals surface area contributed by atoms with Crippen LogP contribution in [0.15, 0.2) is 65.6 Å². The third kappa shape index (κ3) is 12.2. The maximum Gasteiger partial charge on any atom is 0.373 e. The normalized spacial score (nSPS) is 12.4. The molecule has 3 aromatic rings. The summed E-state index contributed by atoms with van der Waals surface area (Å²) in [6, 6.07) is 18.1. The summed E-state index contributed by atoms with van der Waals surface area (Å²) in [5.41, 5.74) is 7.18. The number of carbonyl (C=O) groups is 2. The predicted molar refractivity (Wildman–Crippen MR) is 158 cm³/mol. The van der Waals surface area contributed by atoms with Crippen molar-refractivity contribution < 1.29 is 43.1 Å². The fourth-order valence-electron chi connectivity index (χ4n) is 3.84. The van der Waals surface area contributed by atoms with Crippen LogP contribution in [0.4, 0.5) is 0 Å². The standard InChI is InChI=1S/C26H33N5O6S2Se.CO2/c1-29-26(33)19(14-22(32)10-13-25(27)37-36-2)16-38-40-17-20-15-24(18-6-4-3-5-7-18)31(30-20)21-8-11-23(12-9-21)39(28,34)35;2-1-3/h3-9,11-12,15,19,25H,10,13-14,16-17,27H2,1-2H3,(H,29,33)(H2,28,34,35);/p+1. The van der Waals surface area contributed by atoms with Crippen molar-refractivity contribution in [2.75, 3.05) is 19.9 Å². The number of rotatable bonds is 16. The Morgan fingerprint density at radius 2 is 1.81 bits per heavy atom. The summed E-state index contributed by atoms with van der Waals surface area (Å²) in [4.78, 5) is 50.6. The number of primary sulfonamides is 1. The fourth-order valence-corrected chi connectivity index (χ4v) is 8.31. The van der Waals surface area contributed by atoms with Crippen LogP contribution in [0.25, 0.3) is 16.9 Å². The van der Waals surface area contributed by atoms with Gasteiger partial charge in [0, 0.05) is 0 Å². The minimum Gasteiger partial charge on any atom is -0.186 e. The summed E-state index contributed by atoms with van der Waals surface area (Å²) in [7, 11) is 0.810. The topological polar surface area (TPSA) is 204 Å². The van der Waals surface area contributed by atoms with E-state index in [9.17, 15) is 18.0 Å². The van der Waals surface area contributed by atoms with Crippen LogP contribution in [0.3, 0.4) is 0 Å². The van der Waals surface area contributed by atoms with E-state index in [1.807, 2.05) is 36.4 Å². The van der Waals surface area contributed by atoms with Crippen molar-refractivity contribution in [1.29, 1.82) is 0 Å². The molecule has 0 fully saturated rings. The Kier molecular flexibility index (Phi) is 15.5. The summed E-state index contributed by atoms with van der Waals surface area (Å²) < 4.78 is 25.1. The third-order valence-electron chi connectivity index (χ3n) is 5.87. The number of nitrogens with two attached hydrogens (primary N) is 1. The summed E-state index contributed by atoms with van der Waals surface area (Å²) in [6.45, 7) is 0. The molecule has 0 bridgehead atoms. The van der Waals surface area contributed by atoms with E-state index in [-0.39, 0.29) is 49.4 Å². The van der Waals surface area contributed by atoms with Gasteiger partial charge in [-0.15, -0.1) is 0 Å². The largest absolute Gasteiger partial charge is 0.373 e. The van der Waals surface area contributed by atoms with Crippen molar-refractivity contribution in [2.45, 2.75) is 35.7 Å². The molecule has 0 saturated heterocycles. The first-order chi connectivity index (χ1) is 20.5. The maximum atomic E-state index is 12.5. The number of benzene rings is 2. The molecule has 3 rings (SSSR count). The number of aromatic nitrogens is 2. The van der Waals surface area contributed by atoms with Gasteiger partial charge in [0.1, 0.15) is 0 Å². The molecule has 1 amide bonds. The van der Waals surface area contributed by atoms with E-state index in [1.54, 1.807) is 34.0 Å². The zero-order valence-corrected chi connectivity index (χ0v) is 27.0. The van der Waals surface area contributed by atoms with E-state index in [0.29, 0.717) is 23.2 Å². The molecule has 16 heteroatoms. The van der Waals surface area contributed by atoms with Gasteiger partial charge in [0.15, 0.2) is 0 Å². The van der Waals surface area contributed by atoms with E-state index in [0.717, 1.165) is 17.0 Å². The Bertz CT molecular complexity index is 1460. The van der Waals surface area contributed by atoms with Gasteiger partial charge in [0.05, 0.1) is 0 Å². The molecule has 2 unspecified atom stereocenters. The van der Waals surface area contributed by atoms with Gasteiger partial charge < -0.3 is 0 Å². The molecule has 1 heterocycles. The first-order valence-corrected chi connectivity index (χ1v) is 18.6. The molecule has 43 heavy (non-hydrogen) atoms. The smallest absolute Gasteiger partial charge is 0.186 e. The van der Waals surface area contributed by atoms with Gasteiger partial charge >= 0.3 is 250 Å². The molecule has 0 aliphatic rings. The second-order valence-electron chi connectivity index (χ2n) is 8.95. The number of hydrogen-bond acceptors (Lipinski definition) is 10. The van der Waals surface area contributed by atoms with Gasteiger partial charge in [-0.2, -0.15) is 9.59 Å². The van der Waals surface area contributed by atoms with Gasteiger partial charge in [0.25, 0.3) is 0 Å². The number of amides is 1. The molecule has 2 atom stereocenters. The van der Waals surface area contributed by atoms with Crippen LogP contribution in [0.5, 0.6) is 0 Å². The van der Waals surface area contributed by atoms with Crippen molar-refractivity contribution in [3.63, 3.8) is 0 Å². The van der Waals surface area contributed by atoms with Crippen molar-refractivity contribution in [3.8, 4) is 16.9 Å². The zero-order chi connectivity index (χ0) is 31.8. The molecule has 0 aliphatic carbocycles. The Morgan fingerprint density at radius 3 is 2.40 bits per heavy atom. The average Bonchev–Trinajstić information content (AvgIpc) is 3.42. The molecule has 0 saturated carbocycles. The molecule has 1 aromatic heterocycles. The number of nitrogens with zero attached hydrogens (tertiary/aromatic N) is 2. The Morgan fingerprint density at radius 1 is 1.16 bits per heavy atom. The number of ketones is 1. The van der Waals surface area contributed by atoms with Crippen molar-refractivity contribution in [2.24, 2.45) is 11.1 Å². The molecule has 0 radical (unpaired) electrons. The molecule has 2 aromatic carbocycles.